The second kappa shape index (κ2) is 20.0. The summed E-state index contributed by atoms with van der Waals surface area (Å²) in [5.74, 6) is 1.57. The quantitative estimate of drug-likeness (QED) is 0.123. The molecule has 85 heavy (non-hydrogen) atoms. The van der Waals surface area contributed by atoms with E-state index in [1.165, 1.54) is 0 Å². The smallest absolute Gasteiger partial charge is 0.268 e. The number of hydrogen-bond acceptors (Lipinski definition) is 2. The number of pyridine rings is 1. The van der Waals surface area contributed by atoms with Gasteiger partial charge in [0.05, 0.1) is 38.7 Å². The van der Waals surface area contributed by atoms with Gasteiger partial charge in [0.15, 0.2) is 0 Å². The molecule has 0 bridgehead atoms. The zero-order chi connectivity index (χ0) is 64.4. The Bertz CT molecular complexity index is 5420. The predicted octanol–water partition coefficient (Wildman–Crippen LogP) is 19.6. The maximum atomic E-state index is 10.2. The van der Waals surface area contributed by atoms with E-state index in [1.807, 2.05) is 100 Å². The van der Waals surface area contributed by atoms with Crippen molar-refractivity contribution in [2.45, 2.75) is 78.6 Å². The number of benzene rings is 10. The fraction of sp³-hybridized carbons (Fsp3) is 0.154. The molecule has 0 fully saturated rings. The Morgan fingerprint density at radius 2 is 1.00 bits per heavy atom. The van der Waals surface area contributed by atoms with Crippen LogP contribution in [0.15, 0.2) is 218 Å². The molecule has 0 saturated carbocycles. The van der Waals surface area contributed by atoms with E-state index in [0.29, 0.717) is 56.3 Å². The number of rotatable bonds is 6. The van der Waals surface area contributed by atoms with E-state index in [0.717, 1.165) is 71.7 Å². The molecule has 10 aromatic carbocycles. The van der Waals surface area contributed by atoms with Crippen molar-refractivity contribution in [1.29, 1.82) is 0 Å². The first-order valence-corrected chi connectivity index (χ1v) is 28.5. The van der Waals surface area contributed by atoms with Crippen molar-refractivity contribution < 1.29 is 41.3 Å². The van der Waals surface area contributed by atoms with Gasteiger partial charge < -0.3 is 18.4 Å². The van der Waals surface area contributed by atoms with Gasteiger partial charge in [0.1, 0.15) is 5.82 Å². The summed E-state index contributed by atoms with van der Waals surface area (Å²) in [6.07, 6.45) is 5.69. The van der Waals surface area contributed by atoms with Gasteiger partial charge in [-0.05, 0) is 131 Å². The summed E-state index contributed by atoms with van der Waals surface area (Å²) >= 11 is 0. The third-order valence-electron chi connectivity index (χ3n) is 16.6. The van der Waals surface area contributed by atoms with Crippen LogP contribution in [-0.4, -0.2) is 18.7 Å². The van der Waals surface area contributed by atoms with Gasteiger partial charge in [-0.3, -0.25) is 4.57 Å². The van der Waals surface area contributed by atoms with E-state index in [-0.39, 0.29) is 71.6 Å². The van der Waals surface area contributed by atoms with Crippen LogP contribution in [0.1, 0.15) is 90.0 Å². The summed E-state index contributed by atoms with van der Waals surface area (Å²) in [6, 6.07) is 58.4. The number of nitrogens with zero attached hydrogens (tertiary/aromatic N) is 5. The van der Waals surface area contributed by atoms with Gasteiger partial charge in [-0.15, -0.1) is 29.7 Å². The first-order chi connectivity index (χ1) is 43.9. The molecule has 7 heteroatoms. The molecule has 0 unspecified atom stereocenters. The summed E-state index contributed by atoms with van der Waals surface area (Å²) in [5.41, 5.74) is 11.2. The van der Waals surface area contributed by atoms with Crippen molar-refractivity contribution in [2.75, 3.05) is 0 Å². The topological polar surface area (TPSA) is 40.8 Å². The minimum absolute atomic E-state index is 0. The third-order valence-corrected chi connectivity index (χ3v) is 16.6. The van der Waals surface area contributed by atoms with Gasteiger partial charge in [-0.2, -0.15) is 18.2 Å². The van der Waals surface area contributed by atoms with E-state index >= 15 is 0 Å². The monoisotopic (exact) mass is 1290 g/mol. The molecule has 1 aliphatic heterocycles. The molecule has 0 amide bonds. The number of fused-ring (bicyclic) bond motifs is 13. The zero-order valence-corrected chi connectivity index (χ0v) is 50.9. The number of aromatic nitrogens is 5. The Morgan fingerprint density at radius 1 is 0.459 bits per heavy atom. The van der Waals surface area contributed by atoms with Crippen molar-refractivity contribution in [2.24, 2.45) is 0 Å². The molecule has 0 N–H and O–H groups in total. The van der Waals surface area contributed by atoms with Crippen LogP contribution in [0.25, 0.3) is 122 Å². The van der Waals surface area contributed by atoms with E-state index in [9.17, 15) is 11.0 Å². The SMILES string of the molecule is [2H]c1c([2H])c([2H])c2c(c1[2H])-c1cccc(-c3cc(C(C)(C)C)cc(C(C)(C)C)c3)c1-[n+]1[c-]n(-c3[c-]c(Oc4[c-]c5c(cc4)c4ccccc4n5-c4cc(C(C)(C)C)ccn4)ccc3)c3cc(-n4c5ccccc5c5ccccc54)cc(c31)-c1c([2H])c([2H])c([2H])c([2H])c1-2.[Pt]. The molecule has 6 nitrogen and oxygen atoms in total. The van der Waals surface area contributed by atoms with Crippen LogP contribution in [0.2, 0.25) is 0 Å². The van der Waals surface area contributed by atoms with Crippen LogP contribution in [-0.2, 0) is 37.3 Å². The minimum atomic E-state index is -0.545. The Hall–Kier alpha value is -9.09. The van der Waals surface area contributed by atoms with Crippen LogP contribution in [0.4, 0.5) is 0 Å². The zero-order valence-electron chi connectivity index (χ0n) is 56.6. The first-order valence-electron chi connectivity index (χ1n) is 32.5. The minimum Gasteiger partial charge on any atom is -0.510 e. The Morgan fingerprint density at radius 3 is 1.62 bits per heavy atom. The predicted molar refractivity (Wildman–Crippen MR) is 346 cm³/mol. The second-order valence-electron chi connectivity index (χ2n) is 25.1. The summed E-state index contributed by atoms with van der Waals surface area (Å²) in [7, 11) is 0. The largest absolute Gasteiger partial charge is 0.510 e. The molecule has 0 spiro atoms. The average molecular weight is 1290 g/mol. The molecule has 14 aromatic rings. The van der Waals surface area contributed by atoms with Crippen molar-refractivity contribution in [3.63, 3.8) is 0 Å². The van der Waals surface area contributed by atoms with Crippen molar-refractivity contribution >= 4 is 54.6 Å². The molecular weight excluding hydrogens is 1220 g/mol. The standard InChI is InChI=1S/C78H63N5O.Pt/c1-76(2,3)50-38-39-79-73(43-50)83-70-35-19-16-30-64(70)65-37-36-56(47-71(65)83)84-55-23-20-22-53(44-55)80-48-81-74-57(49-40-51(77(4,5)6)42-52(41-49)78(7,8)9)31-21-32-66(74)60-26-12-10-24-58(60)59-25-11-13-27-61(59)67-45-54(46-72(80)75(67)81)82-68-33-17-14-28-62(68)63-29-15-18-34-69(63)82;/h10-43,45-46H,1-9H3;/q-2;/i10D,11D,12D,13D,24D,25D,26D,27D;. The van der Waals surface area contributed by atoms with Crippen molar-refractivity contribution in [3.05, 3.63) is 253 Å². The van der Waals surface area contributed by atoms with E-state index in [2.05, 4.69) is 169 Å². The van der Waals surface area contributed by atoms with E-state index < -0.39 is 36.3 Å². The molecule has 0 aliphatic carbocycles. The number of ether oxygens (including phenoxy) is 1. The number of imidazole rings is 1. The van der Waals surface area contributed by atoms with Crippen LogP contribution in [0, 0.1) is 18.5 Å². The number of hydrogen-bond donors (Lipinski definition) is 0. The first kappa shape index (κ1) is 45.4. The molecule has 0 saturated heterocycles. The van der Waals surface area contributed by atoms with Crippen LogP contribution >= 0.6 is 0 Å². The van der Waals surface area contributed by atoms with Gasteiger partial charge in [0.2, 0.25) is 0 Å². The Kier molecular flexibility index (Phi) is 10.7. The molecule has 1 aliphatic rings. The second-order valence-corrected chi connectivity index (χ2v) is 25.1. The Labute approximate surface area is 522 Å². The maximum absolute atomic E-state index is 10.2. The van der Waals surface area contributed by atoms with Gasteiger partial charge in [-0.1, -0.05) is 207 Å². The van der Waals surface area contributed by atoms with Crippen molar-refractivity contribution in [1.82, 2.24) is 18.7 Å². The fourth-order valence-electron chi connectivity index (χ4n) is 12.3. The normalized spacial score (nSPS) is 13.8. The summed E-state index contributed by atoms with van der Waals surface area (Å²) in [4.78, 5) is 4.90. The molecule has 418 valence electrons. The van der Waals surface area contributed by atoms with Gasteiger partial charge in [-0.25, -0.2) is 4.98 Å². The van der Waals surface area contributed by atoms with Crippen LogP contribution in [0.3, 0.4) is 0 Å². The van der Waals surface area contributed by atoms with Gasteiger partial charge >= 0.3 is 0 Å². The van der Waals surface area contributed by atoms with E-state index in [4.69, 9.17) is 9.72 Å². The van der Waals surface area contributed by atoms with Crippen molar-refractivity contribution in [3.8, 4) is 78.9 Å². The molecule has 5 heterocycles. The molecule has 15 rings (SSSR count). The van der Waals surface area contributed by atoms with Crippen LogP contribution in [0.5, 0.6) is 11.5 Å². The molecule has 0 atom stereocenters. The van der Waals surface area contributed by atoms with Crippen LogP contribution < -0.4 is 9.30 Å². The van der Waals surface area contributed by atoms with Gasteiger partial charge in [0.25, 0.3) is 6.33 Å². The van der Waals surface area contributed by atoms with E-state index in [1.54, 1.807) is 0 Å². The summed E-state index contributed by atoms with van der Waals surface area (Å²) in [6.45, 7) is 19.7. The molecule has 4 aromatic heterocycles. The Balaban J connectivity index is 0.00000749. The number of para-hydroxylation sites is 4. The third kappa shape index (κ3) is 8.95. The average Bonchev–Trinajstić information content (AvgIpc) is 1.61. The maximum Gasteiger partial charge on any atom is 0.268 e. The van der Waals surface area contributed by atoms with Gasteiger partial charge in [0, 0.05) is 60.7 Å². The molecule has 0 radical (unpaired) electrons. The molecular formula is C78H63N5OPt-2. The summed E-state index contributed by atoms with van der Waals surface area (Å²) < 4.78 is 92.6. The fourth-order valence-corrected chi connectivity index (χ4v) is 12.3. The summed E-state index contributed by atoms with van der Waals surface area (Å²) in [5, 5.41) is 4.04.